The minimum absolute atomic E-state index is 0.00737. The van der Waals surface area contributed by atoms with Gasteiger partial charge in [0.25, 0.3) is 0 Å². The molecule has 30 heavy (non-hydrogen) atoms. The number of fused-ring (bicyclic) bond motifs is 1. The van der Waals surface area contributed by atoms with Crippen LogP contribution in [0.4, 0.5) is 5.69 Å². The lowest BCUT2D eigenvalue weighted by Gasteiger charge is -2.37. The van der Waals surface area contributed by atoms with Crippen molar-refractivity contribution in [3.05, 3.63) is 51.6 Å². The van der Waals surface area contributed by atoms with Crippen LogP contribution in [0.5, 0.6) is 17.2 Å². The molecule has 0 spiro atoms. The van der Waals surface area contributed by atoms with Gasteiger partial charge in [0.2, 0.25) is 0 Å². The molecule has 0 unspecified atom stereocenters. The first-order chi connectivity index (χ1) is 14.6. The van der Waals surface area contributed by atoms with Crippen LogP contribution in [-0.4, -0.2) is 40.2 Å². The minimum Gasteiger partial charge on any atom is -0.496 e. The van der Waals surface area contributed by atoms with Gasteiger partial charge >= 0.3 is 0 Å². The smallest absolute Gasteiger partial charge is 0.193 e. The number of ether oxygens (including phenoxy) is 3. The number of ketones is 1. The summed E-state index contributed by atoms with van der Waals surface area (Å²) in [6, 6.07) is 6.34. The van der Waals surface area contributed by atoms with Gasteiger partial charge in [0.1, 0.15) is 5.75 Å². The van der Waals surface area contributed by atoms with E-state index < -0.39 is 0 Å². The topological polar surface area (TPSA) is 48.0 Å². The van der Waals surface area contributed by atoms with E-state index in [-0.39, 0.29) is 5.78 Å². The molecule has 3 aliphatic rings. The zero-order valence-corrected chi connectivity index (χ0v) is 17.8. The van der Waals surface area contributed by atoms with Crippen LogP contribution in [-0.2, 0) is 19.3 Å². The Kier molecular flexibility index (Phi) is 4.69. The molecule has 0 atom stereocenters. The number of carbonyl (C=O) groups is 1. The standard InChI is InChI=1S/C25H27NO4/c1-28-20-14-21(29-2)25(30-3)22-19(20)13-18(24(22)27)12-15-10-16-6-4-8-26-9-5-7-17(11-15)23(16)26/h10-12,14H,4-9,13H2,1-3H3. The molecule has 0 saturated carbocycles. The van der Waals surface area contributed by atoms with E-state index in [1.807, 2.05) is 0 Å². The number of rotatable bonds is 4. The highest BCUT2D eigenvalue weighted by Crippen LogP contribution is 2.46. The number of allylic oxidation sites excluding steroid dienone is 1. The number of Topliss-reactive ketones (excluding diaryl/α,β-unsaturated/α-hetero) is 1. The van der Waals surface area contributed by atoms with Crippen LogP contribution < -0.4 is 19.1 Å². The first kappa shape index (κ1) is 19.0. The summed E-state index contributed by atoms with van der Waals surface area (Å²) >= 11 is 0. The second kappa shape index (κ2) is 7.38. The summed E-state index contributed by atoms with van der Waals surface area (Å²) in [5.41, 5.74) is 7.61. The first-order valence-corrected chi connectivity index (χ1v) is 10.6. The van der Waals surface area contributed by atoms with Gasteiger partial charge in [-0.05, 0) is 60.6 Å². The fourth-order valence-electron chi connectivity index (χ4n) is 5.27. The van der Waals surface area contributed by atoms with Gasteiger partial charge in [-0.15, -0.1) is 0 Å². The molecule has 156 valence electrons. The molecule has 0 aromatic heterocycles. The van der Waals surface area contributed by atoms with Crippen molar-refractivity contribution in [2.45, 2.75) is 32.1 Å². The molecule has 0 amide bonds. The van der Waals surface area contributed by atoms with E-state index in [2.05, 4.69) is 23.1 Å². The Labute approximate surface area is 177 Å². The van der Waals surface area contributed by atoms with Crippen molar-refractivity contribution < 1.29 is 19.0 Å². The third kappa shape index (κ3) is 2.87. The summed E-state index contributed by atoms with van der Waals surface area (Å²) in [7, 11) is 4.76. The van der Waals surface area contributed by atoms with Gasteiger partial charge in [0.15, 0.2) is 17.3 Å². The number of carbonyl (C=O) groups excluding carboxylic acids is 1. The molecule has 0 radical (unpaired) electrons. The maximum atomic E-state index is 13.4. The molecule has 2 aromatic rings. The van der Waals surface area contributed by atoms with E-state index in [0.717, 1.165) is 42.6 Å². The van der Waals surface area contributed by atoms with Crippen molar-refractivity contribution in [1.29, 1.82) is 0 Å². The van der Waals surface area contributed by atoms with Gasteiger partial charge in [-0.2, -0.15) is 0 Å². The molecular weight excluding hydrogens is 378 g/mol. The van der Waals surface area contributed by atoms with E-state index in [9.17, 15) is 4.79 Å². The van der Waals surface area contributed by atoms with Crippen LogP contribution in [0, 0.1) is 0 Å². The zero-order chi connectivity index (χ0) is 20.8. The first-order valence-electron chi connectivity index (χ1n) is 10.6. The van der Waals surface area contributed by atoms with Gasteiger partial charge < -0.3 is 19.1 Å². The van der Waals surface area contributed by atoms with E-state index in [0.29, 0.717) is 29.2 Å². The van der Waals surface area contributed by atoms with Gasteiger partial charge in [0, 0.05) is 42.4 Å². The fraction of sp³-hybridized carbons (Fsp3) is 0.400. The highest BCUT2D eigenvalue weighted by atomic mass is 16.5. The average molecular weight is 405 g/mol. The maximum Gasteiger partial charge on any atom is 0.193 e. The largest absolute Gasteiger partial charge is 0.496 e. The Morgan fingerprint density at radius 1 is 0.900 bits per heavy atom. The van der Waals surface area contributed by atoms with E-state index in [1.165, 1.54) is 29.7 Å². The molecule has 0 saturated heterocycles. The van der Waals surface area contributed by atoms with E-state index in [4.69, 9.17) is 14.2 Å². The molecule has 2 aromatic carbocycles. The number of hydrogen-bond acceptors (Lipinski definition) is 5. The Morgan fingerprint density at radius 3 is 2.17 bits per heavy atom. The van der Waals surface area contributed by atoms with Crippen molar-refractivity contribution >= 4 is 17.5 Å². The highest BCUT2D eigenvalue weighted by molar-refractivity contribution is 6.18. The van der Waals surface area contributed by atoms with Crippen LogP contribution in [0.2, 0.25) is 0 Å². The lowest BCUT2D eigenvalue weighted by Crippen LogP contribution is -2.34. The summed E-state index contributed by atoms with van der Waals surface area (Å²) < 4.78 is 16.5. The molecule has 1 aliphatic carbocycles. The molecule has 5 heteroatoms. The summed E-state index contributed by atoms with van der Waals surface area (Å²) in [4.78, 5) is 15.9. The van der Waals surface area contributed by atoms with Crippen molar-refractivity contribution in [1.82, 2.24) is 0 Å². The van der Waals surface area contributed by atoms with Crippen molar-refractivity contribution in [3.63, 3.8) is 0 Å². The molecule has 2 aliphatic heterocycles. The number of hydrogen-bond donors (Lipinski definition) is 0. The van der Waals surface area contributed by atoms with Crippen LogP contribution in [0.1, 0.15) is 45.5 Å². The van der Waals surface area contributed by atoms with Crippen LogP contribution >= 0.6 is 0 Å². The van der Waals surface area contributed by atoms with Gasteiger partial charge in [0.05, 0.1) is 26.9 Å². The Morgan fingerprint density at radius 2 is 1.57 bits per heavy atom. The molecule has 5 rings (SSSR count). The summed E-state index contributed by atoms with van der Waals surface area (Å²) in [5, 5.41) is 0. The van der Waals surface area contributed by atoms with Crippen molar-refractivity contribution in [2.75, 3.05) is 39.3 Å². The molecule has 0 N–H and O–H groups in total. The average Bonchev–Trinajstić information content (AvgIpc) is 3.09. The number of anilines is 1. The molecule has 5 nitrogen and oxygen atoms in total. The molecule has 0 bridgehead atoms. The summed E-state index contributed by atoms with van der Waals surface area (Å²) in [5.74, 6) is 1.65. The van der Waals surface area contributed by atoms with E-state index >= 15 is 0 Å². The maximum absolute atomic E-state index is 13.4. The highest BCUT2D eigenvalue weighted by Gasteiger charge is 2.34. The zero-order valence-electron chi connectivity index (χ0n) is 17.8. The second-order valence-electron chi connectivity index (χ2n) is 8.23. The molecular formula is C25H27NO4. The molecule has 2 heterocycles. The van der Waals surface area contributed by atoms with Crippen LogP contribution in [0.15, 0.2) is 23.8 Å². The Balaban J connectivity index is 1.58. The summed E-state index contributed by atoms with van der Waals surface area (Å²) in [6.07, 6.45) is 7.22. The normalized spacial score (nSPS) is 18.3. The fourth-order valence-corrected chi connectivity index (χ4v) is 5.27. The predicted molar refractivity (Wildman–Crippen MR) is 117 cm³/mol. The second-order valence-corrected chi connectivity index (χ2v) is 8.23. The Hall–Kier alpha value is -2.95. The van der Waals surface area contributed by atoms with Gasteiger partial charge in [-0.3, -0.25) is 4.79 Å². The minimum atomic E-state index is -0.00737. The number of benzene rings is 2. The molecule has 0 fully saturated rings. The number of aryl methyl sites for hydroxylation is 2. The van der Waals surface area contributed by atoms with Crippen molar-refractivity contribution in [3.8, 4) is 17.2 Å². The number of methoxy groups -OCH3 is 3. The SMILES string of the molecule is COc1cc(OC)c(OC)c2c1CC(=Cc1cc3c4c(c1)CCCN4CCC3)C2=O. The Bertz CT molecular complexity index is 1040. The monoisotopic (exact) mass is 405 g/mol. The van der Waals surface area contributed by atoms with Crippen LogP contribution in [0.25, 0.3) is 6.08 Å². The third-order valence-corrected chi connectivity index (χ3v) is 6.54. The van der Waals surface area contributed by atoms with E-state index in [1.54, 1.807) is 27.4 Å². The summed E-state index contributed by atoms with van der Waals surface area (Å²) in [6.45, 7) is 2.32. The predicted octanol–water partition coefficient (Wildman–Crippen LogP) is 4.23. The quantitative estimate of drug-likeness (QED) is 0.713. The van der Waals surface area contributed by atoms with Crippen LogP contribution in [0.3, 0.4) is 0 Å². The lowest BCUT2D eigenvalue weighted by atomic mass is 9.89. The van der Waals surface area contributed by atoms with Crippen molar-refractivity contribution in [2.24, 2.45) is 0 Å². The third-order valence-electron chi connectivity index (χ3n) is 6.54. The lowest BCUT2D eigenvalue weighted by molar-refractivity contribution is 0.103. The number of nitrogens with zero attached hydrogens (tertiary/aromatic N) is 1. The van der Waals surface area contributed by atoms with Gasteiger partial charge in [-0.25, -0.2) is 0 Å². The van der Waals surface area contributed by atoms with Gasteiger partial charge in [-0.1, -0.05) is 0 Å².